The van der Waals surface area contributed by atoms with Gasteiger partial charge in [-0.3, -0.25) is 4.79 Å². The fraction of sp³-hybridized carbons (Fsp3) is 0.154. The Morgan fingerprint density at radius 2 is 2.24 bits per heavy atom. The molecule has 0 saturated carbocycles. The first-order chi connectivity index (χ1) is 10.1. The van der Waals surface area contributed by atoms with Crippen molar-refractivity contribution in [3.63, 3.8) is 0 Å². The van der Waals surface area contributed by atoms with Crippen LogP contribution in [0.5, 0.6) is 0 Å². The lowest BCUT2D eigenvalue weighted by Gasteiger charge is -2.04. The van der Waals surface area contributed by atoms with E-state index in [-0.39, 0.29) is 5.78 Å². The molecule has 0 aliphatic carbocycles. The van der Waals surface area contributed by atoms with E-state index in [1.807, 2.05) is 19.1 Å². The molecule has 0 bridgehead atoms. The fourth-order valence-electron chi connectivity index (χ4n) is 1.85. The Morgan fingerprint density at radius 1 is 1.43 bits per heavy atom. The van der Waals surface area contributed by atoms with E-state index in [0.717, 1.165) is 15.6 Å². The number of ketones is 1. The molecular formula is C13H9Cl2N3OS2. The third kappa shape index (κ3) is 2.81. The quantitative estimate of drug-likeness (QED) is 0.513. The molecule has 0 fully saturated rings. The van der Waals surface area contributed by atoms with Gasteiger partial charge in [0.2, 0.25) is 4.96 Å². The highest BCUT2D eigenvalue weighted by molar-refractivity contribution is 8.00. The smallest absolute Gasteiger partial charge is 0.212 e. The van der Waals surface area contributed by atoms with Crippen LogP contribution < -0.4 is 0 Å². The van der Waals surface area contributed by atoms with Crippen molar-refractivity contribution in [3.05, 3.63) is 45.1 Å². The van der Waals surface area contributed by atoms with Crippen molar-refractivity contribution in [2.75, 3.05) is 5.75 Å². The van der Waals surface area contributed by atoms with Crippen LogP contribution in [0.4, 0.5) is 0 Å². The van der Waals surface area contributed by atoms with Gasteiger partial charge in [0, 0.05) is 4.90 Å². The molecule has 4 nitrogen and oxygen atoms in total. The first-order valence-corrected chi connectivity index (χ1v) is 8.53. The van der Waals surface area contributed by atoms with Crippen LogP contribution in [0.15, 0.2) is 29.4 Å². The van der Waals surface area contributed by atoms with Crippen molar-refractivity contribution in [1.82, 2.24) is 14.6 Å². The van der Waals surface area contributed by atoms with E-state index < -0.39 is 0 Å². The first kappa shape index (κ1) is 14.8. The second-order valence-corrected chi connectivity index (χ2v) is 7.01. The van der Waals surface area contributed by atoms with Gasteiger partial charge in [0.25, 0.3) is 0 Å². The Bertz CT molecular complexity index is 828. The van der Waals surface area contributed by atoms with Crippen molar-refractivity contribution in [3.8, 4) is 0 Å². The molecule has 0 atom stereocenters. The molecule has 108 valence electrons. The van der Waals surface area contributed by atoms with Crippen LogP contribution in [0.1, 0.15) is 15.4 Å². The van der Waals surface area contributed by atoms with Gasteiger partial charge < -0.3 is 0 Å². The number of thioether (sulfide) groups is 1. The van der Waals surface area contributed by atoms with Gasteiger partial charge >= 0.3 is 0 Å². The Labute approximate surface area is 139 Å². The molecule has 8 heteroatoms. The number of carbonyl (C=O) groups excluding carboxylic acids is 1. The number of carbonyl (C=O) groups is 1. The molecule has 0 aliphatic rings. The lowest BCUT2D eigenvalue weighted by atomic mass is 10.3. The van der Waals surface area contributed by atoms with Crippen LogP contribution in [0, 0.1) is 6.92 Å². The molecule has 1 aromatic carbocycles. The molecule has 0 unspecified atom stereocenters. The highest BCUT2D eigenvalue weighted by Gasteiger charge is 2.17. The molecule has 3 aromatic rings. The first-order valence-electron chi connectivity index (χ1n) is 5.97. The number of thiazole rings is 1. The number of halogens is 2. The van der Waals surface area contributed by atoms with Gasteiger partial charge in [-0.2, -0.15) is 5.10 Å². The average Bonchev–Trinajstić information content (AvgIpc) is 3.04. The lowest BCUT2D eigenvalue weighted by molar-refractivity contribution is 0.102. The van der Waals surface area contributed by atoms with Crippen LogP contribution in [-0.2, 0) is 0 Å². The highest BCUT2D eigenvalue weighted by Crippen LogP contribution is 2.33. The van der Waals surface area contributed by atoms with E-state index in [1.165, 1.54) is 29.4 Å². The third-order valence-electron chi connectivity index (χ3n) is 2.88. The summed E-state index contributed by atoms with van der Waals surface area (Å²) in [6.07, 6.45) is 1.48. The van der Waals surface area contributed by atoms with E-state index in [9.17, 15) is 4.79 Å². The lowest BCUT2D eigenvalue weighted by Crippen LogP contribution is -2.03. The molecule has 2 heterocycles. The summed E-state index contributed by atoms with van der Waals surface area (Å²) in [6.45, 7) is 1.86. The average molecular weight is 358 g/mol. The van der Waals surface area contributed by atoms with Gasteiger partial charge in [0.1, 0.15) is 6.33 Å². The third-order valence-corrected chi connectivity index (χ3v) is 6.06. The molecule has 0 N–H and O–H groups in total. The zero-order valence-corrected chi connectivity index (χ0v) is 14.0. The molecule has 0 aliphatic heterocycles. The normalized spacial score (nSPS) is 11.2. The van der Waals surface area contributed by atoms with Gasteiger partial charge in [-0.05, 0) is 19.1 Å². The summed E-state index contributed by atoms with van der Waals surface area (Å²) in [5.41, 5.74) is 0.815. The summed E-state index contributed by atoms with van der Waals surface area (Å²) in [7, 11) is 0. The van der Waals surface area contributed by atoms with Crippen molar-refractivity contribution in [1.29, 1.82) is 0 Å². The van der Waals surface area contributed by atoms with Crippen LogP contribution >= 0.6 is 46.3 Å². The zero-order chi connectivity index (χ0) is 15.0. The van der Waals surface area contributed by atoms with Gasteiger partial charge in [-0.15, -0.1) is 11.8 Å². The van der Waals surface area contributed by atoms with E-state index >= 15 is 0 Å². The highest BCUT2D eigenvalue weighted by atomic mass is 35.5. The van der Waals surface area contributed by atoms with Crippen molar-refractivity contribution < 1.29 is 4.79 Å². The minimum absolute atomic E-state index is 0.0332. The van der Waals surface area contributed by atoms with Crippen molar-refractivity contribution in [2.24, 2.45) is 0 Å². The molecule has 3 rings (SSSR count). The fourth-order valence-corrected chi connectivity index (χ4v) is 4.28. The Hall–Kier alpha value is -1.08. The number of fused-ring (bicyclic) bond motifs is 1. The summed E-state index contributed by atoms with van der Waals surface area (Å²) < 4.78 is 1.68. The summed E-state index contributed by atoms with van der Waals surface area (Å²) in [5.74, 6) is 0.329. The standard InChI is InChI=1S/C13H9Cl2N3OS2/c1-7-12(21-13-16-6-17-18(7)13)9(19)5-20-10-4-2-3-8(14)11(10)15/h2-4,6H,5H2,1H3. The maximum absolute atomic E-state index is 12.3. The number of Topliss-reactive ketones (excluding diaryl/α,β-unsaturated/α-hetero) is 1. The monoisotopic (exact) mass is 357 g/mol. The molecule has 0 spiro atoms. The van der Waals surface area contributed by atoms with Crippen molar-refractivity contribution in [2.45, 2.75) is 11.8 Å². The zero-order valence-electron chi connectivity index (χ0n) is 10.8. The molecule has 21 heavy (non-hydrogen) atoms. The predicted molar refractivity (Wildman–Crippen MR) is 87.1 cm³/mol. The number of hydrogen-bond acceptors (Lipinski definition) is 5. The minimum Gasteiger partial charge on any atom is -0.292 e. The van der Waals surface area contributed by atoms with E-state index in [2.05, 4.69) is 10.1 Å². The minimum atomic E-state index is 0.0332. The van der Waals surface area contributed by atoms with E-state index in [4.69, 9.17) is 23.2 Å². The number of aryl methyl sites for hydroxylation is 1. The Balaban J connectivity index is 1.79. The second kappa shape index (κ2) is 5.96. The molecular weight excluding hydrogens is 349 g/mol. The Kier molecular flexibility index (Phi) is 4.21. The van der Waals surface area contributed by atoms with Crippen LogP contribution in [0.3, 0.4) is 0 Å². The van der Waals surface area contributed by atoms with Gasteiger partial charge in [0.05, 0.1) is 26.4 Å². The van der Waals surface area contributed by atoms with Gasteiger partial charge in [0.15, 0.2) is 5.78 Å². The maximum atomic E-state index is 12.3. The molecule has 0 radical (unpaired) electrons. The second-order valence-electron chi connectivity index (χ2n) is 4.23. The van der Waals surface area contributed by atoms with Crippen LogP contribution in [-0.4, -0.2) is 26.1 Å². The van der Waals surface area contributed by atoms with Crippen LogP contribution in [0.2, 0.25) is 10.0 Å². The topological polar surface area (TPSA) is 47.3 Å². The summed E-state index contributed by atoms with van der Waals surface area (Å²) >= 11 is 14.8. The van der Waals surface area contributed by atoms with Gasteiger partial charge in [-0.1, -0.05) is 40.6 Å². The number of nitrogens with zero attached hydrogens (tertiary/aromatic N) is 3. The maximum Gasteiger partial charge on any atom is 0.212 e. The molecule has 2 aromatic heterocycles. The summed E-state index contributed by atoms with van der Waals surface area (Å²) in [6, 6.07) is 5.39. The van der Waals surface area contributed by atoms with Crippen molar-refractivity contribution >= 4 is 57.0 Å². The number of benzene rings is 1. The SMILES string of the molecule is Cc1c(C(=O)CSc2cccc(Cl)c2Cl)sc2ncnn12. The number of rotatable bonds is 4. The van der Waals surface area contributed by atoms with E-state index in [0.29, 0.717) is 20.7 Å². The summed E-state index contributed by atoms with van der Waals surface area (Å²) in [4.78, 5) is 18.6. The number of hydrogen-bond donors (Lipinski definition) is 0. The molecule has 0 saturated heterocycles. The predicted octanol–water partition coefficient (Wildman–Crippen LogP) is 4.38. The molecule has 0 amide bonds. The Morgan fingerprint density at radius 3 is 3.00 bits per heavy atom. The van der Waals surface area contributed by atoms with Gasteiger partial charge in [-0.25, -0.2) is 9.50 Å². The largest absolute Gasteiger partial charge is 0.292 e. The van der Waals surface area contributed by atoms with Crippen LogP contribution in [0.25, 0.3) is 4.96 Å². The summed E-state index contributed by atoms with van der Waals surface area (Å²) in [5, 5.41) is 5.06. The number of aromatic nitrogens is 3. The van der Waals surface area contributed by atoms with E-state index in [1.54, 1.807) is 10.6 Å².